The van der Waals surface area contributed by atoms with Gasteiger partial charge in [-0.1, -0.05) is 18.2 Å². The highest BCUT2D eigenvalue weighted by Crippen LogP contribution is 2.26. The van der Waals surface area contributed by atoms with E-state index in [0.717, 1.165) is 12.6 Å². The van der Waals surface area contributed by atoms with Crippen LogP contribution in [-0.2, 0) is 6.42 Å². The minimum Gasteiger partial charge on any atom is -0.383 e. The van der Waals surface area contributed by atoms with Crippen LogP contribution in [0, 0.1) is 0 Å². The lowest BCUT2D eigenvalue weighted by molar-refractivity contribution is 0.172. The van der Waals surface area contributed by atoms with Crippen molar-refractivity contribution in [1.29, 1.82) is 0 Å². The molecule has 3 aliphatic rings. The van der Waals surface area contributed by atoms with Crippen molar-refractivity contribution in [1.82, 2.24) is 9.80 Å². The summed E-state index contributed by atoms with van der Waals surface area (Å²) in [5.74, 6) is 0. The molecular weight excluding hydrogens is 258 g/mol. The molecule has 2 saturated heterocycles. The molecule has 0 aliphatic carbocycles. The Morgan fingerprint density at radius 3 is 2.76 bits per heavy atom. The van der Waals surface area contributed by atoms with Crippen LogP contribution in [0.3, 0.4) is 0 Å². The average Bonchev–Trinajstić information content (AvgIpc) is 2.74. The molecule has 114 valence electrons. The van der Waals surface area contributed by atoms with Crippen LogP contribution >= 0.6 is 0 Å². The third-order valence-electron chi connectivity index (χ3n) is 5.64. The Hall–Kier alpha value is -1.06. The van der Waals surface area contributed by atoms with E-state index in [-0.39, 0.29) is 0 Å². The second kappa shape index (κ2) is 5.98. The highest BCUT2D eigenvalue weighted by atomic mass is 15.3. The molecule has 0 spiro atoms. The first-order valence-corrected chi connectivity index (χ1v) is 8.70. The molecule has 1 N–H and O–H groups in total. The van der Waals surface area contributed by atoms with Gasteiger partial charge in [0.15, 0.2) is 0 Å². The fourth-order valence-electron chi connectivity index (χ4n) is 4.44. The maximum absolute atomic E-state index is 3.70. The minimum absolute atomic E-state index is 0.706. The minimum atomic E-state index is 0.706. The predicted molar refractivity (Wildman–Crippen MR) is 87.8 cm³/mol. The molecule has 1 aromatic rings. The molecule has 0 amide bonds. The van der Waals surface area contributed by atoms with Crippen molar-refractivity contribution in [3.8, 4) is 0 Å². The Kier molecular flexibility index (Phi) is 3.87. The summed E-state index contributed by atoms with van der Waals surface area (Å²) in [6.07, 6.45) is 6.69. The molecule has 3 nitrogen and oxygen atoms in total. The van der Waals surface area contributed by atoms with Crippen LogP contribution in [0.5, 0.6) is 0 Å². The van der Waals surface area contributed by atoms with Crippen LogP contribution in [0.25, 0.3) is 0 Å². The molecule has 4 rings (SSSR count). The summed E-state index contributed by atoms with van der Waals surface area (Å²) >= 11 is 0. The standard InChI is InChI=1S/C18H27N3/c1-2-7-18-15(5-1)8-9-16(13-19-18)21-12-4-11-20-10-3-6-17(20)14-21/h1-2,5,7,16-17,19H,3-4,6,8-14H2. The third-order valence-corrected chi connectivity index (χ3v) is 5.64. The zero-order valence-electron chi connectivity index (χ0n) is 12.9. The summed E-state index contributed by atoms with van der Waals surface area (Å²) in [6.45, 7) is 6.36. The number of nitrogens with one attached hydrogen (secondary N) is 1. The number of fused-ring (bicyclic) bond motifs is 2. The first kappa shape index (κ1) is 13.6. The van der Waals surface area contributed by atoms with Gasteiger partial charge < -0.3 is 5.32 Å². The third kappa shape index (κ3) is 2.82. The second-order valence-corrected chi connectivity index (χ2v) is 6.91. The summed E-state index contributed by atoms with van der Waals surface area (Å²) < 4.78 is 0. The van der Waals surface area contributed by atoms with Crippen molar-refractivity contribution >= 4 is 5.69 Å². The quantitative estimate of drug-likeness (QED) is 0.855. The van der Waals surface area contributed by atoms with Gasteiger partial charge in [-0.3, -0.25) is 9.80 Å². The molecule has 3 heteroatoms. The number of anilines is 1. The van der Waals surface area contributed by atoms with E-state index in [0.29, 0.717) is 6.04 Å². The van der Waals surface area contributed by atoms with E-state index in [9.17, 15) is 0 Å². The summed E-state index contributed by atoms with van der Waals surface area (Å²) in [5, 5.41) is 3.70. The summed E-state index contributed by atoms with van der Waals surface area (Å²) in [7, 11) is 0. The molecule has 3 aliphatic heterocycles. The number of benzene rings is 1. The molecule has 3 heterocycles. The maximum atomic E-state index is 3.70. The monoisotopic (exact) mass is 285 g/mol. The lowest BCUT2D eigenvalue weighted by Crippen LogP contribution is -2.44. The molecule has 1 aromatic carbocycles. The topological polar surface area (TPSA) is 18.5 Å². The van der Waals surface area contributed by atoms with Crippen LogP contribution in [0.2, 0.25) is 0 Å². The molecular formula is C18H27N3. The predicted octanol–water partition coefficient (Wildman–Crippen LogP) is 2.58. The molecule has 0 saturated carbocycles. The number of rotatable bonds is 1. The van der Waals surface area contributed by atoms with Gasteiger partial charge >= 0.3 is 0 Å². The van der Waals surface area contributed by atoms with Gasteiger partial charge in [-0.25, -0.2) is 0 Å². The number of aryl methyl sites for hydroxylation is 1. The van der Waals surface area contributed by atoms with Crippen LogP contribution in [-0.4, -0.2) is 54.6 Å². The normalized spacial score (nSPS) is 30.9. The number of hydrogen-bond donors (Lipinski definition) is 1. The smallest absolute Gasteiger partial charge is 0.0373 e. The van der Waals surface area contributed by atoms with E-state index in [2.05, 4.69) is 39.4 Å². The highest BCUT2D eigenvalue weighted by molar-refractivity contribution is 5.52. The van der Waals surface area contributed by atoms with E-state index < -0.39 is 0 Å². The maximum Gasteiger partial charge on any atom is 0.0373 e. The van der Waals surface area contributed by atoms with Gasteiger partial charge in [0.1, 0.15) is 0 Å². The van der Waals surface area contributed by atoms with Crippen molar-refractivity contribution in [2.24, 2.45) is 0 Å². The summed E-state index contributed by atoms with van der Waals surface area (Å²) in [6, 6.07) is 10.4. The molecule has 0 bridgehead atoms. The van der Waals surface area contributed by atoms with Gasteiger partial charge in [-0.2, -0.15) is 0 Å². The molecule has 2 fully saturated rings. The van der Waals surface area contributed by atoms with E-state index in [1.165, 1.54) is 69.5 Å². The fourth-order valence-corrected chi connectivity index (χ4v) is 4.44. The molecule has 2 unspecified atom stereocenters. The van der Waals surface area contributed by atoms with E-state index >= 15 is 0 Å². The van der Waals surface area contributed by atoms with Crippen LogP contribution in [0.15, 0.2) is 24.3 Å². The summed E-state index contributed by atoms with van der Waals surface area (Å²) in [5.41, 5.74) is 2.86. The van der Waals surface area contributed by atoms with Crippen molar-refractivity contribution < 1.29 is 0 Å². The van der Waals surface area contributed by atoms with Gasteiger partial charge in [0.05, 0.1) is 0 Å². The van der Waals surface area contributed by atoms with Crippen LogP contribution < -0.4 is 5.32 Å². The Balaban J connectivity index is 1.45. The van der Waals surface area contributed by atoms with Gasteiger partial charge in [-0.15, -0.1) is 0 Å². The van der Waals surface area contributed by atoms with Crippen molar-refractivity contribution in [3.63, 3.8) is 0 Å². The molecule has 0 radical (unpaired) electrons. The first-order valence-electron chi connectivity index (χ1n) is 8.70. The van der Waals surface area contributed by atoms with Gasteiger partial charge in [0.2, 0.25) is 0 Å². The average molecular weight is 285 g/mol. The lowest BCUT2D eigenvalue weighted by Gasteiger charge is -2.32. The number of nitrogens with zero attached hydrogens (tertiary/aromatic N) is 2. The Labute approximate surface area is 128 Å². The van der Waals surface area contributed by atoms with Crippen molar-refractivity contribution in [3.05, 3.63) is 29.8 Å². The zero-order valence-corrected chi connectivity index (χ0v) is 12.9. The van der Waals surface area contributed by atoms with Gasteiger partial charge in [-0.05, 0) is 63.4 Å². The SMILES string of the molecule is c1ccc2c(c1)CCC(N1CCCN3CCCC3C1)CN2. The number of hydrogen-bond acceptors (Lipinski definition) is 3. The Morgan fingerprint density at radius 1 is 0.905 bits per heavy atom. The lowest BCUT2D eigenvalue weighted by atomic mass is 10.0. The Morgan fingerprint density at radius 2 is 1.76 bits per heavy atom. The van der Waals surface area contributed by atoms with Crippen LogP contribution in [0.4, 0.5) is 5.69 Å². The van der Waals surface area contributed by atoms with E-state index in [1.807, 2.05) is 0 Å². The van der Waals surface area contributed by atoms with Crippen molar-refractivity contribution in [2.75, 3.05) is 38.0 Å². The molecule has 21 heavy (non-hydrogen) atoms. The van der Waals surface area contributed by atoms with Gasteiger partial charge in [0.25, 0.3) is 0 Å². The van der Waals surface area contributed by atoms with Crippen LogP contribution in [0.1, 0.15) is 31.2 Å². The molecule has 0 aromatic heterocycles. The first-order chi connectivity index (χ1) is 10.4. The largest absolute Gasteiger partial charge is 0.383 e. The van der Waals surface area contributed by atoms with E-state index in [1.54, 1.807) is 0 Å². The zero-order chi connectivity index (χ0) is 14.1. The van der Waals surface area contributed by atoms with Crippen molar-refractivity contribution in [2.45, 2.75) is 44.2 Å². The number of para-hydroxylation sites is 1. The van der Waals surface area contributed by atoms with E-state index in [4.69, 9.17) is 0 Å². The Bertz CT molecular complexity index is 460. The van der Waals surface area contributed by atoms with Gasteiger partial charge in [0, 0.05) is 30.9 Å². The summed E-state index contributed by atoms with van der Waals surface area (Å²) in [4.78, 5) is 5.52. The molecule has 2 atom stereocenters. The fraction of sp³-hybridized carbons (Fsp3) is 0.667. The second-order valence-electron chi connectivity index (χ2n) is 6.91. The highest BCUT2D eigenvalue weighted by Gasteiger charge is 2.31.